The summed E-state index contributed by atoms with van der Waals surface area (Å²) in [5.41, 5.74) is 5.80. The van der Waals surface area contributed by atoms with Crippen LogP contribution in [0.5, 0.6) is 0 Å². The smallest absolute Gasteiger partial charge is 0.407 e. The van der Waals surface area contributed by atoms with Gasteiger partial charge in [0, 0.05) is 29.5 Å². The minimum atomic E-state index is -0.552. The maximum atomic E-state index is 11.9. The van der Waals surface area contributed by atoms with Crippen molar-refractivity contribution in [1.29, 1.82) is 0 Å². The molecule has 1 aliphatic heterocycles. The molecule has 0 spiro atoms. The Balaban J connectivity index is 1.53. The lowest BCUT2D eigenvalue weighted by Crippen LogP contribution is -2.38. The van der Waals surface area contributed by atoms with Gasteiger partial charge in [-0.15, -0.1) is 0 Å². The second-order valence-electron chi connectivity index (χ2n) is 9.64. The van der Waals surface area contributed by atoms with Crippen molar-refractivity contribution in [3.63, 3.8) is 0 Å². The average Bonchev–Trinajstić information content (AvgIpc) is 3.00. The monoisotopic (exact) mass is 563 g/mol. The molecular weight excluding hydrogens is 526 g/mol. The Morgan fingerprint density at radius 1 is 1.02 bits per heavy atom. The third kappa shape index (κ3) is 7.74. The number of amides is 1. The second-order valence-corrected chi connectivity index (χ2v) is 10.8. The summed E-state index contributed by atoms with van der Waals surface area (Å²) in [7, 11) is 0. The minimum absolute atomic E-state index is 0.00153. The van der Waals surface area contributed by atoms with Crippen LogP contribution in [0, 0.1) is 5.92 Å². The predicted molar refractivity (Wildman–Crippen MR) is 158 cm³/mol. The Kier molecular flexibility index (Phi) is 11.2. The van der Waals surface area contributed by atoms with Crippen LogP contribution in [-0.2, 0) is 27.4 Å². The molecule has 1 saturated heterocycles. The van der Waals surface area contributed by atoms with Crippen molar-refractivity contribution in [2.24, 2.45) is 5.92 Å². The van der Waals surface area contributed by atoms with Crippen molar-refractivity contribution in [3.8, 4) is 11.1 Å². The molecule has 0 saturated carbocycles. The largest absolute Gasteiger partial charge is 0.445 e. The van der Waals surface area contributed by atoms with E-state index in [9.17, 15) is 15.0 Å². The van der Waals surface area contributed by atoms with E-state index in [1.165, 1.54) is 6.08 Å². The molecule has 1 amide bonds. The van der Waals surface area contributed by atoms with Crippen LogP contribution in [0.4, 0.5) is 4.79 Å². The number of alkyl carbamates (subject to hydrolysis) is 1. The summed E-state index contributed by atoms with van der Waals surface area (Å²) in [6.07, 6.45) is 0.242. The molecule has 1 heterocycles. The summed E-state index contributed by atoms with van der Waals surface area (Å²) < 4.78 is 18.0. The van der Waals surface area contributed by atoms with Crippen LogP contribution < -0.4 is 5.32 Å². The van der Waals surface area contributed by atoms with Crippen LogP contribution in [0.1, 0.15) is 41.6 Å². The first-order chi connectivity index (χ1) is 19.5. The van der Waals surface area contributed by atoms with Crippen molar-refractivity contribution in [2.45, 2.75) is 38.6 Å². The lowest BCUT2D eigenvalue weighted by Gasteiger charge is -2.41. The normalized spacial score (nSPS) is 20.6. The molecule has 7 nitrogen and oxygen atoms in total. The molecule has 0 bridgehead atoms. The predicted octanol–water partition coefficient (Wildman–Crippen LogP) is 5.78. The lowest BCUT2D eigenvalue weighted by molar-refractivity contribution is -0.268. The van der Waals surface area contributed by atoms with Gasteiger partial charge in [0.2, 0.25) is 0 Å². The first-order valence-corrected chi connectivity index (χ1v) is 14.6. The SMILES string of the molecule is C=CCOC(=O)NCc1ccccc1-c1ccc([C@H]2O[C@@H](CSCCO)[C@@H](C)[C@@H](c3ccc(CO)cc3)O2)cc1. The molecule has 3 N–H and O–H groups in total. The van der Waals surface area contributed by atoms with Gasteiger partial charge >= 0.3 is 6.09 Å². The van der Waals surface area contributed by atoms with Crippen molar-refractivity contribution in [3.05, 3.63) is 108 Å². The Morgan fingerprint density at radius 2 is 1.75 bits per heavy atom. The molecule has 40 heavy (non-hydrogen) atoms. The highest BCUT2D eigenvalue weighted by Gasteiger charge is 2.38. The molecule has 0 aromatic heterocycles. The molecule has 0 radical (unpaired) electrons. The molecule has 3 aromatic carbocycles. The van der Waals surface area contributed by atoms with Crippen molar-refractivity contribution < 1.29 is 29.2 Å². The summed E-state index contributed by atoms with van der Waals surface area (Å²) in [6, 6.07) is 23.9. The highest BCUT2D eigenvalue weighted by molar-refractivity contribution is 7.99. The zero-order valence-electron chi connectivity index (χ0n) is 22.7. The topological polar surface area (TPSA) is 97.3 Å². The quantitative estimate of drug-likeness (QED) is 0.190. The van der Waals surface area contributed by atoms with Crippen LogP contribution in [0.15, 0.2) is 85.5 Å². The Bertz CT molecular complexity index is 1230. The van der Waals surface area contributed by atoms with E-state index in [0.29, 0.717) is 12.3 Å². The molecule has 0 aliphatic carbocycles. The maximum Gasteiger partial charge on any atom is 0.407 e. The molecule has 4 atom stereocenters. The van der Waals surface area contributed by atoms with Gasteiger partial charge in [0.25, 0.3) is 0 Å². The number of thioether (sulfide) groups is 1. The van der Waals surface area contributed by atoms with Crippen molar-refractivity contribution >= 4 is 17.9 Å². The number of carbonyl (C=O) groups excluding carboxylic acids is 1. The van der Waals surface area contributed by atoms with E-state index in [-0.39, 0.29) is 37.9 Å². The fourth-order valence-electron chi connectivity index (χ4n) is 4.70. The third-order valence-electron chi connectivity index (χ3n) is 6.91. The van der Waals surface area contributed by atoms with E-state index in [0.717, 1.165) is 39.1 Å². The summed E-state index contributed by atoms with van der Waals surface area (Å²) in [5, 5.41) is 21.5. The highest BCUT2D eigenvalue weighted by Crippen LogP contribution is 2.42. The van der Waals surface area contributed by atoms with Gasteiger partial charge in [-0.25, -0.2) is 4.79 Å². The van der Waals surface area contributed by atoms with Crippen LogP contribution >= 0.6 is 11.8 Å². The molecule has 4 rings (SSSR count). The molecule has 1 aliphatic rings. The Hall–Kier alpha value is -3.14. The van der Waals surface area contributed by atoms with Crippen LogP contribution in [0.2, 0.25) is 0 Å². The molecular formula is C32H37NO6S. The summed E-state index contributed by atoms with van der Waals surface area (Å²) in [6.45, 7) is 6.31. The number of nitrogens with one attached hydrogen (secondary N) is 1. The number of ether oxygens (including phenoxy) is 3. The van der Waals surface area contributed by atoms with Gasteiger partial charge in [-0.2, -0.15) is 11.8 Å². The van der Waals surface area contributed by atoms with E-state index >= 15 is 0 Å². The Morgan fingerprint density at radius 3 is 2.45 bits per heavy atom. The van der Waals surface area contributed by atoms with Crippen LogP contribution in [-0.4, -0.2) is 47.1 Å². The van der Waals surface area contributed by atoms with Crippen LogP contribution in [0.3, 0.4) is 0 Å². The zero-order valence-corrected chi connectivity index (χ0v) is 23.5. The zero-order chi connectivity index (χ0) is 28.3. The summed E-state index contributed by atoms with van der Waals surface area (Å²) in [5.74, 6) is 1.50. The van der Waals surface area contributed by atoms with Gasteiger partial charge < -0.3 is 29.7 Å². The van der Waals surface area contributed by atoms with E-state index in [4.69, 9.17) is 14.2 Å². The van der Waals surface area contributed by atoms with Gasteiger partial charge in [-0.05, 0) is 27.8 Å². The highest BCUT2D eigenvalue weighted by atomic mass is 32.2. The molecule has 0 unspecified atom stereocenters. The van der Waals surface area contributed by atoms with E-state index in [1.807, 2.05) is 72.8 Å². The number of hydrogen-bond donors (Lipinski definition) is 3. The fourth-order valence-corrected chi connectivity index (χ4v) is 5.61. The number of rotatable bonds is 12. The van der Waals surface area contributed by atoms with Crippen molar-refractivity contribution in [2.75, 3.05) is 24.7 Å². The molecule has 212 valence electrons. The lowest BCUT2D eigenvalue weighted by atomic mass is 9.91. The number of hydrogen-bond acceptors (Lipinski definition) is 7. The van der Waals surface area contributed by atoms with E-state index < -0.39 is 12.4 Å². The summed E-state index contributed by atoms with van der Waals surface area (Å²) in [4.78, 5) is 11.9. The summed E-state index contributed by atoms with van der Waals surface area (Å²) >= 11 is 1.67. The van der Waals surface area contributed by atoms with Gasteiger partial charge in [-0.3, -0.25) is 0 Å². The number of aliphatic hydroxyl groups is 2. The average molecular weight is 564 g/mol. The second kappa shape index (κ2) is 15.0. The number of benzene rings is 3. The molecule has 3 aromatic rings. The van der Waals surface area contributed by atoms with Gasteiger partial charge in [0.05, 0.1) is 25.4 Å². The molecule has 1 fully saturated rings. The van der Waals surface area contributed by atoms with Crippen LogP contribution in [0.25, 0.3) is 11.1 Å². The first-order valence-electron chi connectivity index (χ1n) is 13.4. The van der Waals surface area contributed by atoms with Gasteiger partial charge in [0.1, 0.15) is 6.61 Å². The molecule has 8 heteroatoms. The fraction of sp³-hybridized carbons (Fsp3) is 0.344. The van der Waals surface area contributed by atoms with Crippen molar-refractivity contribution in [1.82, 2.24) is 5.32 Å². The van der Waals surface area contributed by atoms with E-state index in [1.54, 1.807) is 11.8 Å². The minimum Gasteiger partial charge on any atom is -0.445 e. The first kappa shape index (κ1) is 29.8. The standard InChI is InChI=1S/C32H37NO6S/c1-3-17-37-32(36)33-19-27-6-4-5-7-28(27)24-12-14-26(15-13-24)31-38-29(21-40-18-16-34)22(2)30(39-31)25-10-8-23(20-35)9-11-25/h3-15,22,29-31,34-35H,1,16-21H2,2H3,(H,33,36)/t22-,29+,30+,31+/m1/s1. The van der Waals surface area contributed by atoms with Gasteiger partial charge in [-0.1, -0.05) is 92.4 Å². The number of carbonyl (C=O) groups is 1. The van der Waals surface area contributed by atoms with E-state index in [2.05, 4.69) is 18.8 Å². The Labute approximate surface area is 240 Å². The maximum absolute atomic E-state index is 11.9. The van der Waals surface area contributed by atoms with Gasteiger partial charge in [0.15, 0.2) is 6.29 Å². The third-order valence-corrected chi connectivity index (χ3v) is 7.94. The number of aliphatic hydroxyl groups excluding tert-OH is 2.